The minimum absolute atomic E-state index is 0.130. The van der Waals surface area contributed by atoms with Gasteiger partial charge in [0.05, 0.1) is 24.7 Å². The van der Waals surface area contributed by atoms with Crippen molar-refractivity contribution in [1.29, 1.82) is 0 Å². The lowest BCUT2D eigenvalue weighted by molar-refractivity contribution is -0.385. The molecule has 0 fully saturated rings. The molecular formula is C13H15NO6. The summed E-state index contributed by atoms with van der Waals surface area (Å²) in [5.74, 6) is -0.170. The van der Waals surface area contributed by atoms with Gasteiger partial charge in [0.2, 0.25) is 0 Å². The summed E-state index contributed by atoms with van der Waals surface area (Å²) >= 11 is 0. The number of carbonyl (C=O) groups excluding carboxylic acids is 1. The van der Waals surface area contributed by atoms with Crippen molar-refractivity contribution in [3.05, 3.63) is 27.3 Å². The number of hydrogen-bond acceptors (Lipinski definition) is 6. The molecule has 1 aliphatic rings. The van der Waals surface area contributed by atoms with Gasteiger partial charge in [0.25, 0.3) is 5.69 Å². The maximum atomic E-state index is 11.7. The molecule has 2 rings (SSSR count). The molecule has 0 spiro atoms. The van der Waals surface area contributed by atoms with Gasteiger partial charge in [-0.25, -0.2) is 4.79 Å². The fourth-order valence-corrected chi connectivity index (χ4v) is 2.32. The maximum Gasteiger partial charge on any atom is 0.345 e. The zero-order valence-corrected chi connectivity index (χ0v) is 11.7. The van der Waals surface area contributed by atoms with Crippen LogP contribution in [0.3, 0.4) is 0 Å². The summed E-state index contributed by atoms with van der Waals surface area (Å²) in [7, 11) is 2.59. The minimum atomic E-state index is -0.775. The smallest absolute Gasteiger partial charge is 0.345 e. The molecule has 1 aromatic rings. The van der Waals surface area contributed by atoms with Crippen LogP contribution in [0.1, 0.15) is 29.8 Å². The van der Waals surface area contributed by atoms with Crippen LogP contribution in [0, 0.1) is 10.1 Å². The fourth-order valence-electron chi connectivity index (χ4n) is 2.32. The molecule has 7 heteroatoms. The Balaban J connectivity index is 2.75. The molecular weight excluding hydrogens is 266 g/mol. The number of fused-ring (bicyclic) bond motifs is 1. The predicted molar refractivity (Wildman–Crippen MR) is 69.4 cm³/mol. The van der Waals surface area contributed by atoms with E-state index in [0.29, 0.717) is 17.7 Å². The normalized spacial score (nSPS) is 15.2. The number of nitrogens with zero attached hydrogens (tertiary/aromatic N) is 1. The fraction of sp³-hybridized carbons (Fsp3) is 0.462. The first-order chi connectivity index (χ1) is 9.30. The topological polar surface area (TPSA) is 87.9 Å². The van der Waals surface area contributed by atoms with E-state index in [-0.39, 0.29) is 17.0 Å². The van der Waals surface area contributed by atoms with Gasteiger partial charge in [-0.05, 0) is 13.8 Å². The van der Waals surface area contributed by atoms with Crippen LogP contribution < -0.4 is 9.47 Å². The monoisotopic (exact) mass is 281 g/mol. The first-order valence-electron chi connectivity index (χ1n) is 5.96. The van der Waals surface area contributed by atoms with Gasteiger partial charge in [0.1, 0.15) is 11.2 Å². The van der Waals surface area contributed by atoms with Crippen molar-refractivity contribution in [1.82, 2.24) is 0 Å². The highest BCUT2D eigenvalue weighted by Crippen LogP contribution is 2.48. The predicted octanol–water partition coefficient (Wildman–Crippen LogP) is 2.10. The van der Waals surface area contributed by atoms with Crippen molar-refractivity contribution in [3.63, 3.8) is 0 Å². The van der Waals surface area contributed by atoms with E-state index >= 15 is 0 Å². The first-order valence-corrected chi connectivity index (χ1v) is 5.96. The second-order valence-electron chi connectivity index (χ2n) is 5.07. The molecule has 7 nitrogen and oxygen atoms in total. The van der Waals surface area contributed by atoms with E-state index in [1.807, 2.05) is 13.8 Å². The van der Waals surface area contributed by atoms with Gasteiger partial charge in [-0.3, -0.25) is 10.1 Å². The number of benzene rings is 1. The van der Waals surface area contributed by atoms with Crippen LogP contribution in [0.2, 0.25) is 0 Å². The molecule has 108 valence electrons. The standard InChI is InChI=1S/C13H15NO6/c1-13(2)6-8-10(14(16)17)7(12(15)19-4)5-9(18-3)11(8)20-13/h5H,6H2,1-4H3. The van der Waals surface area contributed by atoms with E-state index in [4.69, 9.17) is 9.47 Å². The lowest BCUT2D eigenvalue weighted by Crippen LogP contribution is -2.24. The van der Waals surface area contributed by atoms with E-state index < -0.39 is 16.5 Å². The van der Waals surface area contributed by atoms with Crippen LogP contribution in [0.4, 0.5) is 5.69 Å². The van der Waals surface area contributed by atoms with E-state index in [1.165, 1.54) is 20.3 Å². The summed E-state index contributed by atoms with van der Waals surface area (Å²) < 4.78 is 15.5. The number of esters is 1. The Bertz CT molecular complexity index is 593. The Morgan fingerprint density at radius 1 is 1.45 bits per heavy atom. The number of nitro groups is 1. The molecule has 0 aliphatic carbocycles. The average molecular weight is 281 g/mol. The van der Waals surface area contributed by atoms with Crippen LogP contribution in [-0.4, -0.2) is 30.7 Å². The highest BCUT2D eigenvalue weighted by Gasteiger charge is 2.41. The van der Waals surface area contributed by atoms with Crippen LogP contribution in [0.25, 0.3) is 0 Å². The van der Waals surface area contributed by atoms with Gasteiger partial charge in [-0.1, -0.05) is 0 Å². The largest absolute Gasteiger partial charge is 0.493 e. The van der Waals surface area contributed by atoms with Crippen molar-refractivity contribution >= 4 is 11.7 Å². The molecule has 0 saturated heterocycles. The van der Waals surface area contributed by atoms with E-state index in [2.05, 4.69) is 4.74 Å². The van der Waals surface area contributed by atoms with Gasteiger partial charge < -0.3 is 14.2 Å². The quantitative estimate of drug-likeness (QED) is 0.479. The zero-order chi connectivity index (χ0) is 15.1. The number of methoxy groups -OCH3 is 2. The van der Waals surface area contributed by atoms with E-state index in [0.717, 1.165) is 0 Å². The third-order valence-corrected chi connectivity index (χ3v) is 3.10. The van der Waals surface area contributed by atoms with Crippen molar-refractivity contribution in [2.75, 3.05) is 14.2 Å². The average Bonchev–Trinajstić information content (AvgIpc) is 2.69. The SMILES string of the molecule is COC(=O)c1cc(OC)c2c(c1[N+](=O)[O-])CC(C)(C)O2. The summed E-state index contributed by atoms with van der Waals surface area (Å²) in [5.41, 5.74) is -0.637. The Hall–Kier alpha value is -2.31. The highest BCUT2D eigenvalue weighted by atomic mass is 16.6. The van der Waals surface area contributed by atoms with Gasteiger partial charge in [0.15, 0.2) is 11.5 Å². The van der Waals surface area contributed by atoms with Crippen molar-refractivity contribution in [2.45, 2.75) is 25.9 Å². The molecule has 0 amide bonds. The van der Waals surface area contributed by atoms with Crippen molar-refractivity contribution in [2.24, 2.45) is 0 Å². The molecule has 0 aromatic heterocycles. The summed E-state index contributed by atoms with van der Waals surface area (Å²) in [6, 6.07) is 1.28. The Morgan fingerprint density at radius 3 is 2.60 bits per heavy atom. The van der Waals surface area contributed by atoms with Gasteiger partial charge in [0, 0.05) is 12.5 Å². The summed E-state index contributed by atoms with van der Waals surface area (Å²) in [5, 5.41) is 11.3. The number of hydrogen-bond donors (Lipinski definition) is 0. The summed E-state index contributed by atoms with van der Waals surface area (Å²) in [6.45, 7) is 3.63. The zero-order valence-electron chi connectivity index (χ0n) is 11.7. The third kappa shape index (κ3) is 2.15. The van der Waals surface area contributed by atoms with Crippen LogP contribution >= 0.6 is 0 Å². The van der Waals surface area contributed by atoms with Gasteiger partial charge in [-0.2, -0.15) is 0 Å². The second-order valence-corrected chi connectivity index (χ2v) is 5.07. The summed E-state index contributed by atoms with van der Waals surface area (Å²) in [4.78, 5) is 22.5. The lowest BCUT2D eigenvalue weighted by Gasteiger charge is -2.17. The molecule has 1 heterocycles. The minimum Gasteiger partial charge on any atom is -0.493 e. The first kappa shape index (κ1) is 14.1. The number of nitro benzene ring substituents is 1. The number of rotatable bonds is 3. The Morgan fingerprint density at radius 2 is 2.10 bits per heavy atom. The van der Waals surface area contributed by atoms with Crippen molar-refractivity contribution < 1.29 is 23.9 Å². The number of carbonyl (C=O) groups is 1. The molecule has 0 saturated carbocycles. The van der Waals surface area contributed by atoms with E-state index in [1.54, 1.807) is 0 Å². The van der Waals surface area contributed by atoms with E-state index in [9.17, 15) is 14.9 Å². The maximum absolute atomic E-state index is 11.7. The molecule has 0 unspecified atom stereocenters. The van der Waals surface area contributed by atoms with Gasteiger partial charge in [-0.15, -0.1) is 0 Å². The number of ether oxygens (including phenoxy) is 3. The van der Waals surface area contributed by atoms with Crippen molar-refractivity contribution in [3.8, 4) is 11.5 Å². The summed E-state index contributed by atoms with van der Waals surface area (Å²) in [6.07, 6.45) is 0.319. The Labute approximate surface area is 115 Å². The third-order valence-electron chi connectivity index (χ3n) is 3.10. The highest BCUT2D eigenvalue weighted by molar-refractivity contribution is 5.96. The molecule has 20 heavy (non-hydrogen) atoms. The van der Waals surface area contributed by atoms with Crippen LogP contribution in [0.15, 0.2) is 6.07 Å². The molecule has 0 radical (unpaired) electrons. The lowest BCUT2D eigenvalue weighted by atomic mass is 9.97. The molecule has 0 N–H and O–H groups in total. The Kier molecular flexibility index (Phi) is 3.29. The molecule has 1 aromatic carbocycles. The van der Waals surface area contributed by atoms with Gasteiger partial charge >= 0.3 is 5.97 Å². The molecule has 1 aliphatic heterocycles. The van der Waals surface area contributed by atoms with Crippen LogP contribution in [-0.2, 0) is 11.2 Å². The molecule has 0 atom stereocenters. The second kappa shape index (κ2) is 4.66. The van der Waals surface area contributed by atoms with Crippen LogP contribution in [0.5, 0.6) is 11.5 Å². The molecule has 0 bridgehead atoms.